The van der Waals surface area contributed by atoms with Crippen molar-refractivity contribution in [3.8, 4) is 12.3 Å². The minimum atomic E-state index is -0.340. The highest BCUT2D eigenvalue weighted by Gasteiger charge is 2.30. The summed E-state index contributed by atoms with van der Waals surface area (Å²) in [7, 11) is 0. The number of nitrogens with zero attached hydrogens (tertiary/aromatic N) is 1. The molecule has 1 aliphatic rings. The van der Waals surface area contributed by atoms with Crippen LogP contribution < -0.4 is 4.90 Å². The van der Waals surface area contributed by atoms with Crippen LogP contribution in [-0.2, 0) is 4.79 Å². The molecule has 2 nitrogen and oxygen atoms in total. The van der Waals surface area contributed by atoms with Gasteiger partial charge in [0, 0.05) is 22.5 Å². The first-order valence-electron chi connectivity index (χ1n) is 4.83. The van der Waals surface area contributed by atoms with Crippen LogP contribution in [0.2, 0.25) is 0 Å². The van der Waals surface area contributed by atoms with Crippen molar-refractivity contribution in [1.82, 2.24) is 0 Å². The van der Waals surface area contributed by atoms with Crippen LogP contribution in [0.1, 0.15) is 6.42 Å². The van der Waals surface area contributed by atoms with E-state index in [0.717, 1.165) is 3.57 Å². The molecule has 2 rings (SSSR count). The standard InChI is InChI=1S/C12H9FINO/c1-2-8-5-12(16)15(7-8)11-6-9(13)3-4-10(11)14/h1,3-4,6,8H,5,7H2. The molecule has 1 aromatic rings. The number of terminal acetylenes is 1. The van der Waals surface area contributed by atoms with Crippen molar-refractivity contribution in [1.29, 1.82) is 0 Å². The highest BCUT2D eigenvalue weighted by molar-refractivity contribution is 14.1. The first kappa shape index (κ1) is 11.4. The summed E-state index contributed by atoms with van der Waals surface area (Å²) in [6.07, 6.45) is 5.65. The van der Waals surface area contributed by atoms with E-state index in [0.29, 0.717) is 18.7 Å². The average Bonchev–Trinajstić information content (AvgIpc) is 2.63. The zero-order valence-electron chi connectivity index (χ0n) is 8.41. The maximum atomic E-state index is 13.1. The van der Waals surface area contributed by atoms with Crippen LogP contribution >= 0.6 is 22.6 Å². The summed E-state index contributed by atoms with van der Waals surface area (Å²) in [5.41, 5.74) is 0.614. The Hall–Kier alpha value is -1.09. The summed E-state index contributed by atoms with van der Waals surface area (Å²) in [4.78, 5) is 13.3. The molecule has 0 radical (unpaired) electrons. The van der Waals surface area contributed by atoms with Gasteiger partial charge in [0.2, 0.25) is 5.91 Å². The fourth-order valence-electron chi connectivity index (χ4n) is 1.74. The van der Waals surface area contributed by atoms with Gasteiger partial charge in [-0.1, -0.05) is 0 Å². The SMILES string of the molecule is C#CC1CC(=O)N(c2cc(F)ccc2I)C1. The van der Waals surface area contributed by atoms with Gasteiger partial charge in [0.1, 0.15) is 5.82 Å². The van der Waals surface area contributed by atoms with Gasteiger partial charge < -0.3 is 4.90 Å². The minimum absolute atomic E-state index is 0.0357. The van der Waals surface area contributed by atoms with Crippen LogP contribution in [-0.4, -0.2) is 12.5 Å². The predicted molar refractivity (Wildman–Crippen MR) is 68.4 cm³/mol. The Bertz CT molecular complexity index is 480. The summed E-state index contributed by atoms with van der Waals surface area (Å²) in [6, 6.07) is 4.41. The van der Waals surface area contributed by atoms with Crippen molar-refractivity contribution in [3.05, 3.63) is 27.6 Å². The molecule has 16 heavy (non-hydrogen) atoms. The van der Waals surface area contributed by atoms with E-state index >= 15 is 0 Å². The highest BCUT2D eigenvalue weighted by atomic mass is 127. The average molecular weight is 329 g/mol. The molecule has 1 atom stereocenters. The Morgan fingerprint density at radius 1 is 1.56 bits per heavy atom. The number of rotatable bonds is 1. The molecule has 4 heteroatoms. The van der Waals surface area contributed by atoms with Crippen molar-refractivity contribution >= 4 is 34.2 Å². The number of amides is 1. The summed E-state index contributed by atoms with van der Waals surface area (Å²) in [5, 5.41) is 0. The molecule has 0 N–H and O–H groups in total. The summed E-state index contributed by atoms with van der Waals surface area (Å²) in [5.74, 6) is 2.13. The number of hydrogen-bond donors (Lipinski definition) is 0. The fourth-order valence-corrected chi connectivity index (χ4v) is 2.37. The van der Waals surface area contributed by atoms with Crippen LogP contribution in [0.4, 0.5) is 10.1 Å². The van der Waals surface area contributed by atoms with Crippen molar-refractivity contribution in [2.75, 3.05) is 11.4 Å². The lowest BCUT2D eigenvalue weighted by Gasteiger charge is -2.17. The Morgan fingerprint density at radius 2 is 2.31 bits per heavy atom. The molecule has 1 heterocycles. The van der Waals surface area contributed by atoms with Gasteiger partial charge in [-0.2, -0.15) is 0 Å². The van der Waals surface area contributed by atoms with E-state index in [1.807, 2.05) is 0 Å². The molecule has 0 saturated carbocycles. The topological polar surface area (TPSA) is 20.3 Å². The lowest BCUT2D eigenvalue weighted by atomic mass is 10.1. The maximum absolute atomic E-state index is 13.1. The van der Waals surface area contributed by atoms with Gasteiger partial charge in [-0.3, -0.25) is 4.79 Å². The quantitative estimate of drug-likeness (QED) is 0.572. The van der Waals surface area contributed by atoms with Crippen molar-refractivity contribution < 1.29 is 9.18 Å². The third kappa shape index (κ3) is 2.05. The van der Waals surface area contributed by atoms with Crippen molar-refractivity contribution in [2.45, 2.75) is 6.42 Å². The highest BCUT2D eigenvalue weighted by Crippen LogP contribution is 2.29. The number of benzene rings is 1. The molecule has 1 fully saturated rings. The molecule has 0 bridgehead atoms. The Balaban J connectivity index is 2.35. The van der Waals surface area contributed by atoms with E-state index in [1.54, 1.807) is 11.0 Å². The zero-order chi connectivity index (χ0) is 11.7. The summed E-state index contributed by atoms with van der Waals surface area (Å²) >= 11 is 2.08. The van der Waals surface area contributed by atoms with E-state index in [2.05, 4.69) is 28.5 Å². The maximum Gasteiger partial charge on any atom is 0.228 e. The van der Waals surface area contributed by atoms with E-state index in [9.17, 15) is 9.18 Å². The molecule has 82 valence electrons. The summed E-state index contributed by atoms with van der Waals surface area (Å²) in [6.45, 7) is 0.481. The molecule has 1 aliphatic heterocycles. The Morgan fingerprint density at radius 3 is 2.94 bits per heavy atom. The van der Waals surface area contributed by atoms with E-state index in [1.165, 1.54) is 12.1 Å². The van der Waals surface area contributed by atoms with Gasteiger partial charge in [0.05, 0.1) is 5.69 Å². The van der Waals surface area contributed by atoms with Crippen LogP contribution in [0.5, 0.6) is 0 Å². The number of anilines is 1. The minimum Gasteiger partial charge on any atom is -0.310 e. The van der Waals surface area contributed by atoms with Gasteiger partial charge in [-0.15, -0.1) is 12.3 Å². The largest absolute Gasteiger partial charge is 0.310 e. The van der Waals surface area contributed by atoms with Gasteiger partial charge >= 0.3 is 0 Å². The normalized spacial score (nSPS) is 19.9. The monoisotopic (exact) mass is 329 g/mol. The van der Waals surface area contributed by atoms with Gasteiger partial charge in [-0.05, 0) is 40.8 Å². The molecule has 0 aliphatic carbocycles. The first-order valence-corrected chi connectivity index (χ1v) is 5.91. The molecule has 1 saturated heterocycles. The molecule has 1 aromatic carbocycles. The molecule has 0 spiro atoms. The lowest BCUT2D eigenvalue weighted by molar-refractivity contribution is -0.117. The Labute approximate surface area is 107 Å². The van der Waals surface area contributed by atoms with Crippen LogP contribution in [0, 0.1) is 27.6 Å². The number of halogens is 2. The second-order valence-electron chi connectivity index (χ2n) is 3.67. The smallest absolute Gasteiger partial charge is 0.228 e. The second kappa shape index (κ2) is 4.42. The zero-order valence-corrected chi connectivity index (χ0v) is 10.6. The second-order valence-corrected chi connectivity index (χ2v) is 4.83. The van der Waals surface area contributed by atoms with E-state index in [4.69, 9.17) is 6.42 Å². The van der Waals surface area contributed by atoms with Crippen LogP contribution in [0.25, 0.3) is 0 Å². The molecule has 1 unspecified atom stereocenters. The van der Waals surface area contributed by atoms with Gasteiger partial charge in [0.25, 0.3) is 0 Å². The van der Waals surface area contributed by atoms with Gasteiger partial charge in [0.15, 0.2) is 0 Å². The number of carbonyl (C=O) groups excluding carboxylic acids is 1. The number of carbonyl (C=O) groups is 1. The van der Waals surface area contributed by atoms with Crippen LogP contribution in [0.15, 0.2) is 18.2 Å². The van der Waals surface area contributed by atoms with Crippen LogP contribution in [0.3, 0.4) is 0 Å². The Kier molecular flexibility index (Phi) is 3.15. The molecule has 1 amide bonds. The number of hydrogen-bond acceptors (Lipinski definition) is 1. The predicted octanol–water partition coefficient (Wildman–Crippen LogP) is 2.42. The van der Waals surface area contributed by atoms with Gasteiger partial charge in [-0.25, -0.2) is 4.39 Å². The van der Waals surface area contributed by atoms with E-state index < -0.39 is 0 Å². The first-order chi connectivity index (χ1) is 7.61. The lowest BCUT2D eigenvalue weighted by Crippen LogP contribution is -2.25. The fraction of sp³-hybridized carbons (Fsp3) is 0.250. The third-order valence-electron chi connectivity index (χ3n) is 2.56. The van der Waals surface area contributed by atoms with E-state index in [-0.39, 0.29) is 17.6 Å². The molecule has 0 aromatic heterocycles. The summed E-state index contributed by atoms with van der Waals surface area (Å²) < 4.78 is 14.0. The van der Waals surface area contributed by atoms with Crippen molar-refractivity contribution in [3.63, 3.8) is 0 Å². The molecular formula is C12H9FINO. The third-order valence-corrected chi connectivity index (χ3v) is 3.47. The van der Waals surface area contributed by atoms with Crippen molar-refractivity contribution in [2.24, 2.45) is 5.92 Å². The molecular weight excluding hydrogens is 320 g/mol.